The zero-order valence-corrected chi connectivity index (χ0v) is 14.1. The topological polar surface area (TPSA) is 66.2 Å². The SMILES string of the molecule is COCCN1CC[C@@H](N2CCCN(C(=O)c3ccco3)CC2)C1=O. The third-order valence-electron chi connectivity index (χ3n) is 4.82. The van der Waals surface area contributed by atoms with Crippen LogP contribution in [0.2, 0.25) is 0 Å². The predicted molar refractivity (Wildman–Crippen MR) is 87.7 cm³/mol. The minimum absolute atomic E-state index is 0.0551. The summed E-state index contributed by atoms with van der Waals surface area (Å²) in [4.78, 5) is 30.9. The van der Waals surface area contributed by atoms with Crippen molar-refractivity contribution < 1.29 is 18.7 Å². The third kappa shape index (κ3) is 3.62. The number of likely N-dealkylation sites (tertiary alicyclic amines) is 1. The maximum Gasteiger partial charge on any atom is 0.289 e. The van der Waals surface area contributed by atoms with Crippen molar-refractivity contribution >= 4 is 11.8 Å². The van der Waals surface area contributed by atoms with Crippen LogP contribution in [0.5, 0.6) is 0 Å². The van der Waals surface area contributed by atoms with E-state index in [0.717, 1.165) is 32.5 Å². The summed E-state index contributed by atoms with van der Waals surface area (Å²) in [5.41, 5.74) is 0. The summed E-state index contributed by atoms with van der Waals surface area (Å²) in [6, 6.07) is 3.36. The molecule has 2 aliphatic heterocycles. The number of carbonyl (C=O) groups excluding carboxylic acids is 2. The zero-order chi connectivity index (χ0) is 16.9. The standard InChI is InChI=1S/C17H25N3O4/c1-23-13-11-20-8-5-14(16(20)21)18-6-3-7-19(10-9-18)17(22)15-4-2-12-24-15/h2,4,12,14H,3,5-11,13H2,1H3/t14-/m1/s1. The quantitative estimate of drug-likeness (QED) is 0.791. The van der Waals surface area contributed by atoms with E-state index in [0.29, 0.717) is 32.0 Å². The predicted octanol–water partition coefficient (Wildman–Crippen LogP) is 0.675. The van der Waals surface area contributed by atoms with Gasteiger partial charge in [0.15, 0.2) is 5.76 Å². The van der Waals surface area contributed by atoms with Gasteiger partial charge in [-0.25, -0.2) is 0 Å². The average molecular weight is 335 g/mol. The molecule has 0 unspecified atom stereocenters. The van der Waals surface area contributed by atoms with Crippen LogP contribution in [0.3, 0.4) is 0 Å². The van der Waals surface area contributed by atoms with E-state index < -0.39 is 0 Å². The monoisotopic (exact) mass is 335 g/mol. The smallest absolute Gasteiger partial charge is 0.289 e. The van der Waals surface area contributed by atoms with Gasteiger partial charge in [-0.2, -0.15) is 0 Å². The molecule has 1 aromatic rings. The van der Waals surface area contributed by atoms with Crippen LogP contribution in [0, 0.1) is 0 Å². The van der Waals surface area contributed by atoms with Gasteiger partial charge in [-0.1, -0.05) is 0 Å². The molecule has 2 fully saturated rings. The van der Waals surface area contributed by atoms with Gasteiger partial charge in [-0.05, 0) is 25.0 Å². The summed E-state index contributed by atoms with van der Waals surface area (Å²) in [6.07, 6.45) is 3.24. The maximum absolute atomic E-state index is 12.6. The third-order valence-corrected chi connectivity index (χ3v) is 4.82. The van der Waals surface area contributed by atoms with E-state index in [1.807, 2.05) is 9.80 Å². The van der Waals surface area contributed by atoms with Crippen LogP contribution in [-0.2, 0) is 9.53 Å². The fourth-order valence-electron chi connectivity index (χ4n) is 3.49. The number of methoxy groups -OCH3 is 1. The average Bonchev–Trinajstić information content (AvgIpc) is 3.17. The van der Waals surface area contributed by atoms with E-state index in [1.165, 1.54) is 6.26 Å². The van der Waals surface area contributed by atoms with E-state index in [-0.39, 0.29) is 17.9 Å². The number of amides is 2. The van der Waals surface area contributed by atoms with Crippen molar-refractivity contribution in [3.8, 4) is 0 Å². The fourth-order valence-corrected chi connectivity index (χ4v) is 3.49. The second-order valence-electron chi connectivity index (χ2n) is 6.28. The molecular formula is C17H25N3O4. The Kier molecular flexibility index (Phi) is 5.52. The van der Waals surface area contributed by atoms with Crippen LogP contribution in [0.25, 0.3) is 0 Å². The summed E-state index contributed by atoms with van der Waals surface area (Å²) < 4.78 is 10.3. The molecule has 1 aromatic heterocycles. The summed E-state index contributed by atoms with van der Waals surface area (Å²) in [5.74, 6) is 0.505. The molecule has 0 N–H and O–H groups in total. The highest BCUT2D eigenvalue weighted by atomic mass is 16.5. The molecule has 132 valence electrons. The zero-order valence-electron chi connectivity index (χ0n) is 14.1. The Morgan fingerprint density at radius 3 is 2.92 bits per heavy atom. The van der Waals surface area contributed by atoms with Crippen LogP contribution in [0.4, 0.5) is 0 Å². The van der Waals surface area contributed by atoms with Crippen molar-refractivity contribution in [2.24, 2.45) is 0 Å². The second-order valence-corrected chi connectivity index (χ2v) is 6.28. The molecule has 3 rings (SSSR count). The summed E-state index contributed by atoms with van der Waals surface area (Å²) in [6.45, 7) is 4.91. The Balaban J connectivity index is 1.56. The molecule has 0 aliphatic carbocycles. The molecule has 2 amide bonds. The number of rotatable bonds is 5. The van der Waals surface area contributed by atoms with Crippen LogP contribution in [0.1, 0.15) is 23.4 Å². The van der Waals surface area contributed by atoms with Crippen molar-refractivity contribution in [1.29, 1.82) is 0 Å². The van der Waals surface area contributed by atoms with Gasteiger partial charge in [0.25, 0.3) is 5.91 Å². The first kappa shape index (κ1) is 17.0. The highest BCUT2D eigenvalue weighted by molar-refractivity contribution is 5.91. The second kappa shape index (κ2) is 7.81. The van der Waals surface area contributed by atoms with Crippen molar-refractivity contribution in [1.82, 2.24) is 14.7 Å². The molecular weight excluding hydrogens is 310 g/mol. The van der Waals surface area contributed by atoms with E-state index in [1.54, 1.807) is 19.2 Å². The lowest BCUT2D eigenvalue weighted by molar-refractivity contribution is -0.132. The van der Waals surface area contributed by atoms with Crippen molar-refractivity contribution in [3.63, 3.8) is 0 Å². The molecule has 2 aliphatic rings. The van der Waals surface area contributed by atoms with Crippen molar-refractivity contribution in [2.75, 3.05) is 53.0 Å². The first-order valence-electron chi connectivity index (χ1n) is 8.55. The highest BCUT2D eigenvalue weighted by Gasteiger charge is 2.36. The summed E-state index contributed by atoms with van der Waals surface area (Å²) >= 11 is 0. The molecule has 0 radical (unpaired) electrons. The Hall–Kier alpha value is -1.86. The van der Waals surface area contributed by atoms with Gasteiger partial charge in [-0.15, -0.1) is 0 Å². The molecule has 0 aromatic carbocycles. The van der Waals surface area contributed by atoms with Gasteiger partial charge in [0.1, 0.15) is 0 Å². The number of carbonyl (C=O) groups is 2. The highest BCUT2D eigenvalue weighted by Crippen LogP contribution is 2.19. The summed E-state index contributed by atoms with van der Waals surface area (Å²) in [7, 11) is 1.65. The van der Waals surface area contributed by atoms with E-state index in [9.17, 15) is 9.59 Å². The van der Waals surface area contributed by atoms with Gasteiger partial charge in [-0.3, -0.25) is 14.5 Å². The fraction of sp³-hybridized carbons (Fsp3) is 0.647. The minimum atomic E-state index is -0.0682. The lowest BCUT2D eigenvalue weighted by Gasteiger charge is -2.26. The Morgan fingerprint density at radius 2 is 2.17 bits per heavy atom. The Labute approximate surface area is 142 Å². The number of hydrogen-bond donors (Lipinski definition) is 0. The normalized spacial score (nSPS) is 22.9. The maximum atomic E-state index is 12.6. The first-order chi connectivity index (χ1) is 11.7. The van der Waals surface area contributed by atoms with Crippen molar-refractivity contribution in [2.45, 2.75) is 18.9 Å². The number of nitrogens with zero attached hydrogens (tertiary/aromatic N) is 3. The molecule has 0 bridgehead atoms. The number of furan rings is 1. The molecule has 7 heteroatoms. The summed E-state index contributed by atoms with van der Waals surface area (Å²) in [5, 5.41) is 0. The molecule has 0 spiro atoms. The van der Waals surface area contributed by atoms with Gasteiger partial charge in [0.05, 0.1) is 18.9 Å². The Morgan fingerprint density at radius 1 is 1.29 bits per heavy atom. The van der Waals surface area contributed by atoms with Gasteiger partial charge in [0, 0.05) is 46.4 Å². The first-order valence-corrected chi connectivity index (χ1v) is 8.55. The van der Waals surface area contributed by atoms with E-state index in [4.69, 9.17) is 9.15 Å². The lowest BCUT2D eigenvalue weighted by atomic mass is 10.2. The van der Waals surface area contributed by atoms with Gasteiger partial charge >= 0.3 is 0 Å². The van der Waals surface area contributed by atoms with E-state index >= 15 is 0 Å². The van der Waals surface area contributed by atoms with Crippen LogP contribution >= 0.6 is 0 Å². The van der Waals surface area contributed by atoms with Crippen molar-refractivity contribution in [3.05, 3.63) is 24.2 Å². The molecule has 2 saturated heterocycles. The van der Waals surface area contributed by atoms with Gasteiger partial charge in [0.2, 0.25) is 5.91 Å². The number of hydrogen-bond acceptors (Lipinski definition) is 5. The minimum Gasteiger partial charge on any atom is -0.459 e. The molecule has 1 atom stereocenters. The molecule has 7 nitrogen and oxygen atoms in total. The van der Waals surface area contributed by atoms with Crippen LogP contribution in [0.15, 0.2) is 22.8 Å². The Bertz CT molecular complexity index is 560. The van der Waals surface area contributed by atoms with Gasteiger partial charge < -0.3 is 19.0 Å². The molecule has 0 saturated carbocycles. The van der Waals surface area contributed by atoms with E-state index in [2.05, 4.69) is 4.90 Å². The largest absolute Gasteiger partial charge is 0.459 e. The molecule has 3 heterocycles. The number of ether oxygens (including phenoxy) is 1. The van der Waals surface area contributed by atoms with Crippen LogP contribution in [-0.4, -0.2) is 85.5 Å². The molecule has 24 heavy (non-hydrogen) atoms. The van der Waals surface area contributed by atoms with Crippen LogP contribution < -0.4 is 0 Å². The lowest BCUT2D eigenvalue weighted by Crippen LogP contribution is -2.44.